The van der Waals surface area contributed by atoms with Gasteiger partial charge in [-0.2, -0.15) is 0 Å². The number of rotatable bonds is 6. The molecule has 118 valence electrons. The molecule has 1 rings (SSSR count). The van der Waals surface area contributed by atoms with Crippen LogP contribution in [0.15, 0.2) is 17.0 Å². The first-order valence-electron chi connectivity index (χ1n) is 6.30. The fraction of sp³-hybridized carbons (Fsp3) is 0.462. The van der Waals surface area contributed by atoms with Crippen molar-refractivity contribution in [2.45, 2.75) is 31.7 Å². The molecule has 0 aromatic heterocycles. The van der Waals surface area contributed by atoms with E-state index in [9.17, 15) is 17.6 Å². The molecule has 0 saturated carbocycles. The summed E-state index contributed by atoms with van der Waals surface area (Å²) >= 11 is 0. The Morgan fingerprint density at radius 3 is 2.62 bits per heavy atom. The summed E-state index contributed by atoms with van der Waals surface area (Å²) in [5, 5.41) is 2.59. The molecule has 1 atom stereocenters. The van der Waals surface area contributed by atoms with E-state index < -0.39 is 25.7 Å². The topological polar surface area (TPSA) is 72.5 Å². The lowest BCUT2D eigenvalue weighted by molar-refractivity contribution is 0.0871. The maximum absolute atomic E-state index is 13.7. The summed E-state index contributed by atoms with van der Waals surface area (Å²) in [6.07, 6.45) is 0. The van der Waals surface area contributed by atoms with Crippen molar-refractivity contribution in [3.63, 3.8) is 0 Å². The van der Waals surface area contributed by atoms with Gasteiger partial charge in [-0.15, -0.1) is 0 Å². The number of nitrogens with one attached hydrogen (secondary N) is 1. The minimum absolute atomic E-state index is 0.110. The molecule has 0 aliphatic heterocycles. The second kappa shape index (κ2) is 7.20. The first kappa shape index (κ1) is 17.9. The molecule has 0 fully saturated rings. The van der Waals surface area contributed by atoms with Gasteiger partial charge in [0.1, 0.15) is 5.82 Å². The highest BCUT2D eigenvalue weighted by molar-refractivity contribution is 8.13. The average molecular weight is 338 g/mol. The van der Waals surface area contributed by atoms with Crippen LogP contribution in [0.3, 0.4) is 0 Å². The van der Waals surface area contributed by atoms with Gasteiger partial charge >= 0.3 is 0 Å². The summed E-state index contributed by atoms with van der Waals surface area (Å²) < 4.78 is 41.7. The Balaban J connectivity index is 3.04. The molecule has 1 unspecified atom stereocenters. The highest BCUT2D eigenvalue weighted by Gasteiger charge is 2.20. The standard InChI is InChI=1S/C13H17ClFNO4S/c1-4-20-7-8(2)16-13(17)10-5-11(15)9(3)12(6-10)21(14,18)19/h5-6,8H,4,7H2,1-3H3,(H,16,17). The zero-order valence-electron chi connectivity index (χ0n) is 11.9. The highest BCUT2D eigenvalue weighted by Crippen LogP contribution is 2.23. The molecule has 1 N–H and O–H groups in total. The number of halogens is 2. The zero-order valence-corrected chi connectivity index (χ0v) is 13.5. The minimum atomic E-state index is -4.13. The molecule has 1 aromatic rings. The SMILES string of the molecule is CCOCC(C)NC(=O)c1cc(F)c(C)c(S(=O)(=O)Cl)c1. The summed E-state index contributed by atoms with van der Waals surface area (Å²) in [5.74, 6) is -1.40. The van der Waals surface area contributed by atoms with E-state index in [2.05, 4.69) is 5.32 Å². The van der Waals surface area contributed by atoms with Crippen molar-refractivity contribution in [3.8, 4) is 0 Å². The second-order valence-corrected chi connectivity index (χ2v) is 7.09. The lowest BCUT2D eigenvalue weighted by Gasteiger charge is -2.14. The summed E-state index contributed by atoms with van der Waals surface area (Å²) in [5.41, 5.74) is -0.232. The van der Waals surface area contributed by atoms with E-state index in [1.54, 1.807) is 6.92 Å². The van der Waals surface area contributed by atoms with Gasteiger partial charge in [0.25, 0.3) is 15.0 Å². The van der Waals surface area contributed by atoms with Crippen LogP contribution >= 0.6 is 10.7 Å². The van der Waals surface area contributed by atoms with Gasteiger partial charge in [0.2, 0.25) is 0 Å². The molecule has 0 aliphatic carbocycles. The number of carbonyl (C=O) groups excluding carboxylic acids is 1. The van der Waals surface area contributed by atoms with Crippen molar-refractivity contribution in [1.82, 2.24) is 5.32 Å². The van der Waals surface area contributed by atoms with Crippen LogP contribution < -0.4 is 5.32 Å². The third-order valence-corrected chi connectivity index (χ3v) is 4.22. The molecule has 0 heterocycles. The lowest BCUT2D eigenvalue weighted by atomic mass is 10.1. The van der Waals surface area contributed by atoms with E-state index >= 15 is 0 Å². The molecule has 21 heavy (non-hydrogen) atoms. The summed E-state index contributed by atoms with van der Waals surface area (Å²) in [4.78, 5) is 11.6. The van der Waals surface area contributed by atoms with E-state index in [-0.39, 0.29) is 17.2 Å². The maximum Gasteiger partial charge on any atom is 0.261 e. The van der Waals surface area contributed by atoms with Crippen molar-refractivity contribution in [3.05, 3.63) is 29.1 Å². The Hall–Kier alpha value is -1.18. The summed E-state index contributed by atoms with van der Waals surface area (Å²) in [7, 11) is 1.11. The third-order valence-electron chi connectivity index (χ3n) is 2.77. The quantitative estimate of drug-likeness (QED) is 0.808. The van der Waals surface area contributed by atoms with Crippen molar-refractivity contribution in [1.29, 1.82) is 0 Å². The fourth-order valence-electron chi connectivity index (χ4n) is 1.68. The summed E-state index contributed by atoms with van der Waals surface area (Å²) in [6, 6.07) is 1.74. The maximum atomic E-state index is 13.7. The van der Waals surface area contributed by atoms with Gasteiger partial charge in [0.15, 0.2) is 0 Å². The summed E-state index contributed by atoms with van der Waals surface area (Å²) in [6.45, 7) is 5.63. The normalized spacial score (nSPS) is 13.0. The van der Waals surface area contributed by atoms with Gasteiger partial charge in [0.05, 0.1) is 11.5 Å². The molecule has 8 heteroatoms. The number of ether oxygens (including phenoxy) is 1. The molecule has 5 nitrogen and oxygen atoms in total. The van der Waals surface area contributed by atoms with Crippen molar-refractivity contribution >= 4 is 25.6 Å². The van der Waals surface area contributed by atoms with E-state index in [0.717, 1.165) is 12.1 Å². The predicted octanol–water partition coefficient (Wildman–Crippen LogP) is 2.22. The monoisotopic (exact) mass is 337 g/mol. The Labute approximate surface area is 127 Å². The fourth-order valence-corrected chi connectivity index (χ4v) is 2.89. The van der Waals surface area contributed by atoms with Crippen molar-refractivity contribution < 1.29 is 22.3 Å². The van der Waals surface area contributed by atoms with Crippen molar-refractivity contribution in [2.75, 3.05) is 13.2 Å². The Morgan fingerprint density at radius 1 is 1.48 bits per heavy atom. The van der Waals surface area contributed by atoms with Crippen LogP contribution in [0.4, 0.5) is 4.39 Å². The number of amides is 1. The largest absolute Gasteiger partial charge is 0.380 e. The number of hydrogen-bond acceptors (Lipinski definition) is 4. The van der Waals surface area contributed by atoms with E-state index in [1.165, 1.54) is 6.92 Å². The van der Waals surface area contributed by atoms with Crippen LogP contribution in [0.5, 0.6) is 0 Å². The molecule has 1 aromatic carbocycles. The van der Waals surface area contributed by atoms with Crippen LogP contribution in [-0.2, 0) is 13.8 Å². The number of benzene rings is 1. The molecule has 0 saturated heterocycles. The number of hydrogen-bond donors (Lipinski definition) is 1. The molecule has 0 aliphatic rings. The molecule has 0 spiro atoms. The molecule has 0 radical (unpaired) electrons. The van der Waals surface area contributed by atoms with Gasteiger partial charge < -0.3 is 10.1 Å². The molecular weight excluding hydrogens is 321 g/mol. The third kappa shape index (κ3) is 4.94. The van der Waals surface area contributed by atoms with Crippen LogP contribution in [0, 0.1) is 12.7 Å². The molecule has 1 amide bonds. The molecular formula is C13H17ClFNO4S. The van der Waals surface area contributed by atoms with Crippen LogP contribution in [0.1, 0.15) is 29.8 Å². The Bertz CT molecular complexity index is 633. The Morgan fingerprint density at radius 2 is 2.10 bits per heavy atom. The van der Waals surface area contributed by atoms with Crippen LogP contribution in [0.2, 0.25) is 0 Å². The van der Waals surface area contributed by atoms with E-state index in [0.29, 0.717) is 13.2 Å². The Kier molecular flexibility index (Phi) is 6.12. The average Bonchev–Trinajstić information content (AvgIpc) is 2.37. The smallest absolute Gasteiger partial charge is 0.261 e. The van der Waals surface area contributed by atoms with Gasteiger partial charge in [0, 0.05) is 34.5 Å². The highest BCUT2D eigenvalue weighted by atomic mass is 35.7. The number of carbonyl (C=O) groups is 1. The predicted molar refractivity (Wildman–Crippen MR) is 77.6 cm³/mol. The van der Waals surface area contributed by atoms with Crippen LogP contribution in [-0.4, -0.2) is 33.6 Å². The second-order valence-electron chi connectivity index (χ2n) is 4.55. The van der Waals surface area contributed by atoms with Crippen LogP contribution in [0.25, 0.3) is 0 Å². The van der Waals surface area contributed by atoms with E-state index in [4.69, 9.17) is 15.4 Å². The minimum Gasteiger partial charge on any atom is -0.380 e. The lowest BCUT2D eigenvalue weighted by Crippen LogP contribution is -2.36. The first-order chi connectivity index (χ1) is 9.66. The van der Waals surface area contributed by atoms with Gasteiger partial charge in [-0.3, -0.25) is 4.79 Å². The van der Waals surface area contributed by atoms with Gasteiger partial charge in [-0.05, 0) is 32.9 Å². The molecule has 0 bridgehead atoms. The van der Waals surface area contributed by atoms with Gasteiger partial charge in [-0.25, -0.2) is 12.8 Å². The van der Waals surface area contributed by atoms with Crippen molar-refractivity contribution in [2.24, 2.45) is 0 Å². The first-order valence-corrected chi connectivity index (χ1v) is 8.61. The van der Waals surface area contributed by atoms with E-state index in [1.807, 2.05) is 6.92 Å². The van der Waals surface area contributed by atoms with Gasteiger partial charge in [-0.1, -0.05) is 0 Å². The zero-order chi connectivity index (χ0) is 16.2.